The topological polar surface area (TPSA) is 52.1 Å². The van der Waals surface area contributed by atoms with Gasteiger partial charge in [0.25, 0.3) is 0 Å². The highest BCUT2D eigenvalue weighted by Crippen LogP contribution is 2.40. The molecule has 2 aliphatic rings. The minimum atomic E-state index is 0.387. The van der Waals surface area contributed by atoms with Crippen LogP contribution in [-0.2, 0) is 4.74 Å². The van der Waals surface area contributed by atoms with Crippen LogP contribution in [0, 0.1) is 11.3 Å². The van der Waals surface area contributed by atoms with E-state index in [1.54, 1.807) is 7.11 Å². The van der Waals surface area contributed by atoms with Crippen LogP contribution >= 0.6 is 0 Å². The first-order valence-electron chi connectivity index (χ1n) is 11.0. The number of methoxy groups -OCH3 is 1. The highest BCUT2D eigenvalue weighted by atomic mass is 16.5. The number of ether oxygens (including phenoxy) is 1. The number of hydrogen-bond acceptors (Lipinski definition) is 4. The van der Waals surface area contributed by atoms with Crippen molar-refractivity contribution < 1.29 is 4.74 Å². The van der Waals surface area contributed by atoms with E-state index in [0.29, 0.717) is 11.3 Å². The number of hydrogen-bond donors (Lipinski definition) is 2. The molecule has 1 aliphatic carbocycles. The third-order valence-corrected chi connectivity index (χ3v) is 6.46. The largest absolute Gasteiger partial charge is 0.385 e. The van der Waals surface area contributed by atoms with E-state index in [1.165, 1.54) is 65.0 Å². The quantitative estimate of drug-likeness (QED) is 0.448. The third kappa shape index (κ3) is 7.59. The van der Waals surface area contributed by atoms with E-state index in [1.807, 2.05) is 7.05 Å². The molecule has 1 atom stereocenters. The Morgan fingerprint density at radius 1 is 1.11 bits per heavy atom. The number of likely N-dealkylation sites (N-methyl/N-ethyl adjacent to an activating group) is 1. The molecule has 0 amide bonds. The Hall–Kier alpha value is -0.850. The summed E-state index contributed by atoms with van der Waals surface area (Å²) in [7, 11) is 3.68. The van der Waals surface area contributed by atoms with Crippen LogP contribution in [0.1, 0.15) is 46.0 Å². The smallest absolute Gasteiger partial charge is 0.191 e. The normalized spacial score (nSPS) is 22.7. The molecule has 158 valence electrons. The van der Waals surface area contributed by atoms with Crippen LogP contribution in [0.2, 0.25) is 0 Å². The van der Waals surface area contributed by atoms with E-state index in [4.69, 9.17) is 4.74 Å². The highest BCUT2D eigenvalue weighted by Gasteiger charge is 2.33. The molecule has 0 aromatic carbocycles. The lowest BCUT2D eigenvalue weighted by Crippen LogP contribution is -2.49. The molecule has 0 aromatic rings. The molecular formula is C21H43N5O. The van der Waals surface area contributed by atoms with Gasteiger partial charge in [0.1, 0.15) is 0 Å². The molecular weight excluding hydrogens is 338 g/mol. The van der Waals surface area contributed by atoms with Crippen molar-refractivity contribution in [1.82, 2.24) is 20.4 Å². The first-order valence-corrected chi connectivity index (χ1v) is 11.0. The van der Waals surface area contributed by atoms with Gasteiger partial charge in [0, 0.05) is 66.6 Å². The van der Waals surface area contributed by atoms with Gasteiger partial charge in [-0.15, -0.1) is 0 Å². The van der Waals surface area contributed by atoms with Gasteiger partial charge in [-0.25, -0.2) is 0 Å². The van der Waals surface area contributed by atoms with Crippen LogP contribution in [0.5, 0.6) is 0 Å². The van der Waals surface area contributed by atoms with Crippen LogP contribution in [0.4, 0.5) is 0 Å². The van der Waals surface area contributed by atoms with Crippen LogP contribution in [0.15, 0.2) is 4.99 Å². The van der Waals surface area contributed by atoms with Crippen molar-refractivity contribution in [1.29, 1.82) is 0 Å². The summed E-state index contributed by atoms with van der Waals surface area (Å²) in [5.74, 6) is 1.56. The zero-order valence-corrected chi connectivity index (χ0v) is 18.2. The summed E-state index contributed by atoms with van der Waals surface area (Å²) >= 11 is 0. The molecule has 1 saturated carbocycles. The van der Waals surface area contributed by atoms with Gasteiger partial charge in [-0.3, -0.25) is 4.99 Å². The molecule has 6 nitrogen and oxygen atoms in total. The zero-order chi connectivity index (χ0) is 19.5. The second-order valence-electron chi connectivity index (χ2n) is 8.60. The maximum absolute atomic E-state index is 5.35. The fourth-order valence-electron chi connectivity index (χ4n) is 4.51. The molecule has 0 bridgehead atoms. The van der Waals surface area contributed by atoms with Gasteiger partial charge in [-0.2, -0.15) is 0 Å². The van der Waals surface area contributed by atoms with E-state index in [9.17, 15) is 0 Å². The predicted molar refractivity (Wildman–Crippen MR) is 114 cm³/mol. The number of guanidine groups is 1. The minimum Gasteiger partial charge on any atom is -0.385 e. The molecule has 0 spiro atoms. The van der Waals surface area contributed by atoms with Crippen LogP contribution in [-0.4, -0.2) is 88.9 Å². The van der Waals surface area contributed by atoms with Gasteiger partial charge < -0.3 is 25.2 Å². The van der Waals surface area contributed by atoms with Gasteiger partial charge in [0.15, 0.2) is 5.96 Å². The Kier molecular flexibility index (Phi) is 9.87. The van der Waals surface area contributed by atoms with Crippen molar-refractivity contribution in [3.63, 3.8) is 0 Å². The SMILES string of the molecule is CCN1CCN(CC(C)CNC(=NC)NCC2(CCOC)CCCC2)CC1. The zero-order valence-electron chi connectivity index (χ0n) is 18.2. The molecule has 1 aliphatic heterocycles. The Morgan fingerprint density at radius 3 is 2.37 bits per heavy atom. The highest BCUT2D eigenvalue weighted by molar-refractivity contribution is 5.79. The molecule has 2 fully saturated rings. The summed E-state index contributed by atoms with van der Waals surface area (Å²) in [4.78, 5) is 9.58. The summed E-state index contributed by atoms with van der Waals surface area (Å²) in [5.41, 5.74) is 0.387. The molecule has 2 rings (SSSR count). The van der Waals surface area contributed by atoms with E-state index in [2.05, 4.69) is 39.3 Å². The Balaban J connectivity index is 1.68. The first kappa shape index (κ1) is 22.4. The standard InChI is InChI=1S/C21H43N5O/c1-5-25-11-13-26(14-12-25)17-19(2)16-23-20(22-3)24-18-21(10-15-27-4)8-6-7-9-21/h19H,5-18H2,1-4H3,(H2,22,23,24). The number of nitrogens with zero attached hydrogens (tertiary/aromatic N) is 3. The predicted octanol–water partition coefficient (Wildman–Crippen LogP) is 2.02. The Morgan fingerprint density at radius 2 is 1.78 bits per heavy atom. The summed E-state index contributed by atoms with van der Waals surface area (Å²) in [6.45, 7) is 14.6. The van der Waals surface area contributed by atoms with E-state index >= 15 is 0 Å². The average molecular weight is 382 g/mol. The van der Waals surface area contributed by atoms with Crippen molar-refractivity contribution in [2.24, 2.45) is 16.3 Å². The number of rotatable bonds is 10. The lowest BCUT2D eigenvalue weighted by molar-refractivity contribution is 0.124. The van der Waals surface area contributed by atoms with Gasteiger partial charge in [0.05, 0.1) is 0 Å². The monoisotopic (exact) mass is 381 g/mol. The first-order chi connectivity index (χ1) is 13.1. The molecule has 1 unspecified atom stereocenters. The van der Waals surface area contributed by atoms with Crippen molar-refractivity contribution in [2.75, 3.05) is 73.1 Å². The number of nitrogens with one attached hydrogen (secondary N) is 2. The molecule has 1 saturated heterocycles. The van der Waals surface area contributed by atoms with Crippen molar-refractivity contribution >= 4 is 5.96 Å². The van der Waals surface area contributed by atoms with Crippen LogP contribution < -0.4 is 10.6 Å². The average Bonchev–Trinajstić information content (AvgIpc) is 3.16. The van der Waals surface area contributed by atoms with Crippen LogP contribution in [0.3, 0.4) is 0 Å². The fraction of sp³-hybridized carbons (Fsp3) is 0.952. The lowest BCUT2D eigenvalue weighted by Gasteiger charge is -2.35. The van der Waals surface area contributed by atoms with Crippen LogP contribution in [0.25, 0.3) is 0 Å². The Bertz CT molecular complexity index is 428. The van der Waals surface area contributed by atoms with E-state index in [-0.39, 0.29) is 0 Å². The van der Waals surface area contributed by atoms with E-state index < -0.39 is 0 Å². The summed E-state index contributed by atoms with van der Waals surface area (Å²) < 4.78 is 5.35. The minimum absolute atomic E-state index is 0.387. The molecule has 0 aromatic heterocycles. The lowest BCUT2D eigenvalue weighted by atomic mass is 9.83. The van der Waals surface area contributed by atoms with Gasteiger partial charge in [-0.05, 0) is 37.1 Å². The fourth-order valence-corrected chi connectivity index (χ4v) is 4.51. The van der Waals surface area contributed by atoms with Gasteiger partial charge in [-0.1, -0.05) is 26.7 Å². The molecule has 27 heavy (non-hydrogen) atoms. The Labute approximate surface area is 167 Å². The summed E-state index contributed by atoms with van der Waals surface area (Å²) in [6.07, 6.45) is 6.45. The van der Waals surface area contributed by atoms with Gasteiger partial charge in [0.2, 0.25) is 0 Å². The molecule has 2 N–H and O–H groups in total. The summed E-state index contributed by atoms with van der Waals surface area (Å²) in [6, 6.07) is 0. The summed E-state index contributed by atoms with van der Waals surface area (Å²) in [5, 5.41) is 7.14. The maximum Gasteiger partial charge on any atom is 0.191 e. The molecule has 0 radical (unpaired) electrons. The third-order valence-electron chi connectivity index (χ3n) is 6.46. The van der Waals surface area contributed by atoms with Gasteiger partial charge >= 0.3 is 0 Å². The second kappa shape index (κ2) is 11.9. The van der Waals surface area contributed by atoms with Crippen molar-refractivity contribution in [3.8, 4) is 0 Å². The van der Waals surface area contributed by atoms with Crippen molar-refractivity contribution in [3.05, 3.63) is 0 Å². The molecule has 6 heteroatoms. The number of aliphatic imine (C=N–C) groups is 1. The second-order valence-corrected chi connectivity index (χ2v) is 8.60. The van der Waals surface area contributed by atoms with E-state index in [0.717, 1.165) is 32.1 Å². The maximum atomic E-state index is 5.35. The molecule has 1 heterocycles. The van der Waals surface area contributed by atoms with Crippen molar-refractivity contribution in [2.45, 2.75) is 46.0 Å². The number of piperazine rings is 1.